The van der Waals surface area contributed by atoms with E-state index in [1.807, 2.05) is 0 Å². The molecule has 0 atom stereocenters. The third-order valence-corrected chi connectivity index (χ3v) is 4.84. The Hall–Kier alpha value is -2.99. The molecule has 3 aromatic rings. The van der Waals surface area contributed by atoms with Crippen molar-refractivity contribution in [1.29, 1.82) is 0 Å². The van der Waals surface area contributed by atoms with Crippen molar-refractivity contribution in [3.05, 3.63) is 59.8 Å². The Morgan fingerprint density at radius 3 is 2.03 bits per heavy atom. The van der Waals surface area contributed by atoms with Gasteiger partial charge in [-0.3, -0.25) is 0 Å². The van der Waals surface area contributed by atoms with E-state index in [4.69, 9.17) is 5.14 Å². The second-order valence-electron chi connectivity index (χ2n) is 5.84. The van der Waals surface area contributed by atoms with Gasteiger partial charge in [0.15, 0.2) is 23.1 Å². The van der Waals surface area contributed by atoms with Crippen molar-refractivity contribution in [2.45, 2.75) is 11.1 Å². The predicted molar refractivity (Wildman–Crippen MR) is 91.8 cm³/mol. The molecule has 0 spiro atoms. The van der Waals surface area contributed by atoms with E-state index in [1.54, 1.807) is 0 Å². The largest absolute Gasteiger partial charge is 0.491 e. The van der Waals surface area contributed by atoms with Crippen LogP contribution < -0.4 is 9.88 Å². The summed E-state index contributed by atoms with van der Waals surface area (Å²) in [7, 11) is -2.98. The molecule has 1 heterocycles. The van der Waals surface area contributed by atoms with Crippen LogP contribution in [0.4, 0.5) is 22.0 Å². The summed E-state index contributed by atoms with van der Waals surface area (Å²) in [5.74, 6) is -2.92. The molecule has 2 N–H and O–H groups in total. The molecule has 0 unspecified atom stereocenters. The van der Waals surface area contributed by atoms with E-state index in [1.165, 1.54) is 0 Å². The van der Waals surface area contributed by atoms with Gasteiger partial charge in [-0.25, -0.2) is 27.0 Å². The van der Waals surface area contributed by atoms with Gasteiger partial charge in [0.25, 0.3) is 0 Å². The molecule has 29 heavy (non-hydrogen) atoms. The van der Waals surface area contributed by atoms with Crippen LogP contribution in [-0.2, 0) is 16.2 Å². The van der Waals surface area contributed by atoms with Gasteiger partial charge in [-0.2, -0.15) is 18.3 Å². The highest BCUT2D eigenvalue weighted by Gasteiger charge is 2.35. The van der Waals surface area contributed by atoms with Crippen LogP contribution in [0.5, 0.6) is 5.75 Å². The lowest BCUT2D eigenvalue weighted by molar-refractivity contribution is -0.141. The first-order valence-electron chi connectivity index (χ1n) is 7.75. The first-order chi connectivity index (χ1) is 13.4. The second kappa shape index (κ2) is 7.12. The van der Waals surface area contributed by atoms with Crippen LogP contribution in [0.25, 0.3) is 16.9 Å². The minimum atomic E-state index is -4.83. The number of nitrogens with zero attached hydrogens (tertiary/aromatic N) is 2. The molecule has 1 aromatic heterocycles. The molecule has 154 valence electrons. The number of alkyl halides is 3. The van der Waals surface area contributed by atoms with Crippen molar-refractivity contribution < 1.29 is 35.1 Å². The lowest BCUT2D eigenvalue weighted by Gasteiger charge is -2.10. The highest BCUT2D eigenvalue weighted by atomic mass is 32.2. The van der Waals surface area contributed by atoms with E-state index in [2.05, 4.69) is 9.84 Å². The molecule has 6 nitrogen and oxygen atoms in total. The molecular weight excluding hydrogens is 421 g/mol. The molecule has 3 rings (SSSR count). The van der Waals surface area contributed by atoms with E-state index < -0.39 is 39.3 Å². The Bertz CT molecular complexity index is 1150. The van der Waals surface area contributed by atoms with Crippen molar-refractivity contribution >= 4 is 10.0 Å². The van der Waals surface area contributed by atoms with Crippen molar-refractivity contribution in [3.8, 4) is 22.7 Å². The van der Waals surface area contributed by atoms with Gasteiger partial charge in [-0.1, -0.05) is 0 Å². The number of hydrogen-bond acceptors (Lipinski definition) is 4. The molecule has 0 saturated heterocycles. The number of primary sulfonamides is 1. The third kappa shape index (κ3) is 4.07. The fourth-order valence-electron chi connectivity index (χ4n) is 2.60. The number of ether oxygens (including phenoxy) is 1. The monoisotopic (exact) mass is 433 g/mol. The Morgan fingerprint density at radius 1 is 1.03 bits per heavy atom. The number of nitrogens with two attached hydrogens (primary N) is 1. The fourth-order valence-corrected chi connectivity index (χ4v) is 3.12. The van der Waals surface area contributed by atoms with E-state index in [-0.39, 0.29) is 21.8 Å². The average Bonchev–Trinajstić information content (AvgIpc) is 3.06. The molecule has 0 radical (unpaired) electrons. The van der Waals surface area contributed by atoms with Crippen molar-refractivity contribution in [2.75, 3.05) is 7.11 Å². The fraction of sp³-hybridized carbons (Fsp3) is 0.118. The molecule has 2 aromatic carbocycles. The molecule has 0 aliphatic heterocycles. The van der Waals surface area contributed by atoms with E-state index in [9.17, 15) is 30.4 Å². The summed E-state index contributed by atoms with van der Waals surface area (Å²) in [5, 5.41) is 8.45. The summed E-state index contributed by atoms with van der Waals surface area (Å²) in [4.78, 5) is -0.271. The molecular formula is C17H12F5N3O3S. The summed E-state index contributed by atoms with van der Waals surface area (Å²) in [5.41, 5.74) is -1.81. The zero-order valence-corrected chi connectivity index (χ0v) is 15.4. The van der Waals surface area contributed by atoms with Gasteiger partial charge in [0.2, 0.25) is 10.0 Å². The van der Waals surface area contributed by atoms with Crippen LogP contribution in [0.1, 0.15) is 5.69 Å². The maximum absolute atomic E-state index is 14.1. The van der Waals surface area contributed by atoms with E-state index in [0.29, 0.717) is 6.07 Å². The highest BCUT2D eigenvalue weighted by Crippen LogP contribution is 2.35. The summed E-state index contributed by atoms with van der Waals surface area (Å²) < 4.78 is 95.7. The lowest BCUT2D eigenvalue weighted by Crippen LogP contribution is -2.12. The molecule has 0 bridgehead atoms. The van der Waals surface area contributed by atoms with Gasteiger partial charge in [0.05, 0.1) is 23.4 Å². The van der Waals surface area contributed by atoms with E-state index in [0.717, 1.165) is 48.2 Å². The number of benzene rings is 2. The lowest BCUT2D eigenvalue weighted by atomic mass is 10.1. The molecule has 0 amide bonds. The quantitative estimate of drug-likeness (QED) is 0.638. The van der Waals surface area contributed by atoms with Crippen molar-refractivity contribution in [1.82, 2.24) is 9.78 Å². The number of halogens is 5. The number of aromatic nitrogens is 2. The van der Waals surface area contributed by atoms with Crippen LogP contribution in [0.2, 0.25) is 0 Å². The first-order valence-corrected chi connectivity index (χ1v) is 9.30. The maximum Gasteiger partial charge on any atom is 0.435 e. The van der Waals surface area contributed by atoms with E-state index >= 15 is 0 Å². The van der Waals surface area contributed by atoms with Crippen molar-refractivity contribution in [3.63, 3.8) is 0 Å². The van der Waals surface area contributed by atoms with Gasteiger partial charge < -0.3 is 4.74 Å². The summed E-state index contributed by atoms with van der Waals surface area (Å²) in [6.07, 6.45) is -4.83. The third-order valence-electron chi connectivity index (χ3n) is 3.91. The zero-order chi connectivity index (χ0) is 21.6. The summed E-state index contributed by atoms with van der Waals surface area (Å²) >= 11 is 0. The number of sulfonamides is 1. The molecule has 12 heteroatoms. The van der Waals surface area contributed by atoms with Crippen LogP contribution in [0, 0.1) is 11.6 Å². The molecule has 0 fully saturated rings. The average molecular weight is 433 g/mol. The Labute approximate surface area is 161 Å². The molecule has 0 saturated carbocycles. The van der Waals surface area contributed by atoms with Crippen molar-refractivity contribution in [2.24, 2.45) is 5.14 Å². The standard InChI is InChI=1S/C17H12F5N3O3S/c1-28-16-12(18)6-9(7-13(16)19)14-8-15(17(20,21)22)24-25(14)10-2-4-11(5-3-10)29(23,26)27/h2-8H,1H3,(H2,23,26,27). The number of hydrogen-bond donors (Lipinski definition) is 1. The SMILES string of the molecule is COc1c(F)cc(-c2cc(C(F)(F)F)nn2-c2ccc(S(N)(=O)=O)cc2)cc1F. The Morgan fingerprint density at radius 2 is 1.59 bits per heavy atom. The molecule has 0 aliphatic rings. The number of rotatable bonds is 4. The summed E-state index contributed by atoms with van der Waals surface area (Å²) in [6.45, 7) is 0. The Kier molecular flexibility index (Phi) is 5.09. The second-order valence-corrected chi connectivity index (χ2v) is 7.40. The smallest absolute Gasteiger partial charge is 0.435 e. The van der Waals surface area contributed by atoms with Gasteiger partial charge in [-0.15, -0.1) is 0 Å². The predicted octanol–water partition coefficient (Wildman–Crippen LogP) is 3.49. The van der Waals surface area contributed by atoms with Crippen LogP contribution in [-0.4, -0.2) is 25.3 Å². The summed E-state index contributed by atoms with van der Waals surface area (Å²) in [6, 6.07) is 6.67. The normalized spacial score (nSPS) is 12.2. The zero-order valence-electron chi connectivity index (χ0n) is 14.5. The minimum absolute atomic E-state index is 0.0135. The topological polar surface area (TPSA) is 87.2 Å². The van der Waals surface area contributed by atoms with Crippen LogP contribution in [0.15, 0.2) is 47.4 Å². The molecule has 0 aliphatic carbocycles. The van der Waals surface area contributed by atoms with Crippen LogP contribution in [0.3, 0.4) is 0 Å². The number of methoxy groups -OCH3 is 1. The Balaban J connectivity index is 2.22. The maximum atomic E-state index is 14.1. The van der Waals surface area contributed by atoms with Gasteiger partial charge in [0, 0.05) is 5.56 Å². The van der Waals surface area contributed by atoms with Gasteiger partial charge in [-0.05, 0) is 42.5 Å². The first kappa shape index (κ1) is 20.7. The minimum Gasteiger partial charge on any atom is -0.491 e. The highest BCUT2D eigenvalue weighted by molar-refractivity contribution is 7.89. The van der Waals surface area contributed by atoms with Gasteiger partial charge in [0.1, 0.15) is 0 Å². The van der Waals surface area contributed by atoms with Crippen LogP contribution >= 0.6 is 0 Å². The van der Waals surface area contributed by atoms with Gasteiger partial charge >= 0.3 is 6.18 Å².